The van der Waals surface area contributed by atoms with Crippen LogP contribution in [0.25, 0.3) is 0 Å². The molecule has 1 heteroatoms. The van der Waals surface area contributed by atoms with Crippen LogP contribution < -0.4 is 0 Å². The Bertz CT molecular complexity index is 192. The second-order valence-corrected chi connectivity index (χ2v) is 7.91. The van der Waals surface area contributed by atoms with Gasteiger partial charge in [-0.2, -0.15) is 0 Å². The van der Waals surface area contributed by atoms with Crippen molar-refractivity contribution in [2.24, 2.45) is 0 Å². The molecule has 0 aliphatic heterocycles. The summed E-state index contributed by atoms with van der Waals surface area (Å²) in [7, 11) is 0. The Hall–Kier alpha value is -0.0400. The first-order valence-electron chi connectivity index (χ1n) is 12.0. The van der Waals surface area contributed by atoms with Crippen LogP contribution in [0.3, 0.4) is 0 Å². The van der Waals surface area contributed by atoms with E-state index < -0.39 is 0 Å². The lowest BCUT2D eigenvalue weighted by molar-refractivity contribution is 0.143. The molecule has 0 aromatic carbocycles. The molecule has 0 aromatic heterocycles. The predicted molar refractivity (Wildman–Crippen MR) is 115 cm³/mol. The van der Waals surface area contributed by atoms with E-state index >= 15 is 0 Å². The lowest BCUT2D eigenvalue weighted by Gasteiger charge is -2.04. The highest BCUT2D eigenvalue weighted by Gasteiger charge is 1.95. The molecule has 0 spiro atoms. The van der Waals surface area contributed by atoms with Gasteiger partial charge in [0.25, 0.3) is 0 Å². The monoisotopic (exact) mass is 354 g/mol. The summed E-state index contributed by atoms with van der Waals surface area (Å²) in [5, 5.41) is 0. The van der Waals surface area contributed by atoms with Crippen LogP contribution in [0.2, 0.25) is 0 Å². The molecule has 0 atom stereocenters. The average Bonchev–Trinajstić information content (AvgIpc) is 2.63. The Labute approximate surface area is 160 Å². The largest absolute Gasteiger partial charge is 0.382 e. The number of hydrogen-bond donors (Lipinski definition) is 0. The molecule has 0 rings (SSSR count). The molecular formula is C24H50O. The first-order valence-corrected chi connectivity index (χ1v) is 12.0. The van der Waals surface area contributed by atoms with E-state index in [1.54, 1.807) is 0 Å². The fourth-order valence-corrected chi connectivity index (χ4v) is 3.60. The van der Waals surface area contributed by atoms with Gasteiger partial charge in [0.1, 0.15) is 0 Å². The molecule has 0 unspecified atom stereocenters. The van der Waals surface area contributed by atoms with Crippen LogP contribution >= 0.6 is 0 Å². The van der Waals surface area contributed by atoms with E-state index in [4.69, 9.17) is 4.74 Å². The van der Waals surface area contributed by atoms with Crippen LogP contribution in [0, 0.1) is 0 Å². The van der Waals surface area contributed by atoms with E-state index in [1.807, 2.05) is 0 Å². The zero-order valence-electron chi connectivity index (χ0n) is 18.0. The minimum absolute atomic E-state index is 0.874. The zero-order chi connectivity index (χ0) is 18.3. The standard InChI is InChI=1S/C24H50O/c1-3-5-6-7-8-9-10-11-12-13-14-15-16-17-18-19-20-21-22-23-24-25-4-2/h3-24H2,1-2H3. The molecule has 152 valence electrons. The fraction of sp³-hybridized carbons (Fsp3) is 1.00. The number of unbranched alkanes of at least 4 members (excludes halogenated alkanes) is 19. The topological polar surface area (TPSA) is 9.23 Å². The van der Waals surface area contributed by atoms with Crippen LogP contribution in [0.15, 0.2) is 0 Å². The maximum Gasteiger partial charge on any atom is 0.0465 e. The van der Waals surface area contributed by atoms with E-state index in [0.717, 1.165) is 13.2 Å². The van der Waals surface area contributed by atoms with Gasteiger partial charge in [-0.3, -0.25) is 0 Å². The summed E-state index contributed by atoms with van der Waals surface area (Å²) >= 11 is 0. The van der Waals surface area contributed by atoms with E-state index in [0.29, 0.717) is 0 Å². The highest BCUT2D eigenvalue weighted by atomic mass is 16.5. The Morgan fingerprint density at radius 2 is 0.640 bits per heavy atom. The highest BCUT2D eigenvalue weighted by Crippen LogP contribution is 2.14. The third kappa shape index (κ3) is 24.0. The van der Waals surface area contributed by atoms with Gasteiger partial charge in [-0.25, -0.2) is 0 Å². The molecule has 0 bridgehead atoms. The van der Waals surface area contributed by atoms with E-state index in [-0.39, 0.29) is 0 Å². The molecular weight excluding hydrogens is 304 g/mol. The van der Waals surface area contributed by atoms with Gasteiger partial charge in [-0.15, -0.1) is 0 Å². The fourth-order valence-electron chi connectivity index (χ4n) is 3.60. The molecule has 0 saturated heterocycles. The molecule has 0 aliphatic rings. The van der Waals surface area contributed by atoms with Crippen LogP contribution in [-0.4, -0.2) is 13.2 Å². The van der Waals surface area contributed by atoms with Crippen LogP contribution in [-0.2, 0) is 4.74 Å². The molecule has 0 heterocycles. The van der Waals surface area contributed by atoms with Crippen molar-refractivity contribution in [1.29, 1.82) is 0 Å². The van der Waals surface area contributed by atoms with Gasteiger partial charge >= 0.3 is 0 Å². The van der Waals surface area contributed by atoms with Gasteiger partial charge in [0.2, 0.25) is 0 Å². The summed E-state index contributed by atoms with van der Waals surface area (Å²) in [6.45, 7) is 6.22. The van der Waals surface area contributed by atoms with Crippen molar-refractivity contribution >= 4 is 0 Å². The van der Waals surface area contributed by atoms with Gasteiger partial charge in [0, 0.05) is 13.2 Å². The van der Waals surface area contributed by atoms with Gasteiger partial charge < -0.3 is 4.74 Å². The van der Waals surface area contributed by atoms with Gasteiger partial charge in [-0.05, 0) is 13.3 Å². The van der Waals surface area contributed by atoms with Gasteiger partial charge in [-0.1, -0.05) is 129 Å². The van der Waals surface area contributed by atoms with Crippen LogP contribution in [0.1, 0.15) is 142 Å². The lowest BCUT2D eigenvalue weighted by Crippen LogP contribution is -1.92. The first kappa shape index (κ1) is 25.0. The van der Waals surface area contributed by atoms with E-state index in [1.165, 1.54) is 128 Å². The summed E-state index contributed by atoms with van der Waals surface area (Å²) in [6, 6.07) is 0. The maximum atomic E-state index is 5.37. The van der Waals surface area contributed by atoms with Crippen molar-refractivity contribution in [3.05, 3.63) is 0 Å². The molecule has 0 aromatic rings. The van der Waals surface area contributed by atoms with Gasteiger partial charge in [0.15, 0.2) is 0 Å². The highest BCUT2D eigenvalue weighted by molar-refractivity contribution is 4.50. The molecule has 1 nitrogen and oxygen atoms in total. The summed E-state index contributed by atoms with van der Waals surface area (Å²) in [6.07, 6.45) is 28.9. The second-order valence-electron chi connectivity index (χ2n) is 7.91. The van der Waals surface area contributed by atoms with Crippen molar-refractivity contribution in [2.45, 2.75) is 142 Å². The number of hydrogen-bond acceptors (Lipinski definition) is 1. The van der Waals surface area contributed by atoms with Crippen molar-refractivity contribution in [3.8, 4) is 0 Å². The minimum atomic E-state index is 0.874. The Morgan fingerprint density at radius 3 is 0.920 bits per heavy atom. The molecule has 25 heavy (non-hydrogen) atoms. The number of rotatable bonds is 22. The van der Waals surface area contributed by atoms with Crippen molar-refractivity contribution in [2.75, 3.05) is 13.2 Å². The van der Waals surface area contributed by atoms with Crippen molar-refractivity contribution in [1.82, 2.24) is 0 Å². The second kappa shape index (κ2) is 24.0. The molecule has 0 aliphatic carbocycles. The third-order valence-electron chi connectivity index (χ3n) is 5.35. The summed E-state index contributed by atoms with van der Waals surface area (Å²) in [5.41, 5.74) is 0. The molecule has 0 amide bonds. The third-order valence-corrected chi connectivity index (χ3v) is 5.35. The predicted octanol–water partition coefficient (Wildman–Crippen LogP) is 8.84. The van der Waals surface area contributed by atoms with Crippen molar-refractivity contribution in [3.63, 3.8) is 0 Å². The number of ether oxygens (including phenoxy) is 1. The lowest BCUT2D eigenvalue weighted by atomic mass is 10.0. The van der Waals surface area contributed by atoms with Crippen LogP contribution in [0.5, 0.6) is 0 Å². The Balaban J connectivity index is 2.94. The summed E-state index contributed by atoms with van der Waals surface area (Å²) < 4.78 is 5.37. The Morgan fingerprint density at radius 1 is 0.360 bits per heavy atom. The Kier molecular flexibility index (Phi) is 23.9. The summed E-state index contributed by atoms with van der Waals surface area (Å²) in [4.78, 5) is 0. The zero-order valence-corrected chi connectivity index (χ0v) is 18.0. The van der Waals surface area contributed by atoms with Crippen molar-refractivity contribution < 1.29 is 4.74 Å². The summed E-state index contributed by atoms with van der Waals surface area (Å²) in [5.74, 6) is 0. The quantitative estimate of drug-likeness (QED) is 0.176. The van der Waals surface area contributed by atoms with E-state index in [2.05, 4.69) is 13.8 Å². The molecule has 0 fully saturated rings. The van der Waals surface area contributed by atoms with Crippen LogP contribution in [0.4, 0.5) is 0 Å². The molecule has 0 N–H and O–H groups in total. The minimum Gasteiger partial charge on any atom is -0.382 e. The average molecular weight is 355 g/mol. The molecule has 0 radical (unpaired) electrons. The maximum absolute atomic E-state index is 5.37. The first-order chi connectivity index (χ1) is 12.4. The smallest absolute Gasteiger partial charge is 0.0465 e. The normalized spacial score (nSPS) is 11.3. The SMILES string of the molecule is CCCCCCCCCCCCCCCCCCCCCCOCC. The molecule has 0 saturated carbocycles. The van der Waals surface area contributed by atoms with Gasteiger partial charge in [0.05, 0.1) is 0 Å². The van der Waals surface area contributed by atoms with E-state index in [9.17, 15) is 0 Å².